The summed E-state index contributed by atoms with van der Waals surface area (Å²) in [5.74, 6) is -0.902. The average molecular weight is 367 g/mol. The molecule has 1 aromatic heterocycles. The van der Waals surface area contributed by atoms with Gasteiger partial charge in [-0.05, 0) is 53.8 Å². The lowest BCUT2D eigenvalue weighted by Gasteiger charge is -2.04. The normalized spacial score (nSPS) is 11.3. The Labute approximate surface area is 164 Å². The van der Waals surface area contributed by atoms with E-state index in [0.717, 1.165) is 34.1 Å². The van der Waals surface area contributed by atoms with Gasteiger partial charge in [0.15, 0.2) is 0 Å². The van der Waals surface area contributed by atoms with Gasteiger partial charge in [0, 0.05) is 16.6 Å². The SMILES string of the molecule is Cc1[nH]c2ccc(C(=O)O)cc2c1Cc1ccc(C=Cc2ccccc2)cc1. The standard InChI is InChI=1S/C25H21NO2/c1-17-22(23-16-21(25(27)28)13-14-24(23)26-17)15-20-11-9-19(10-12-20)8-7-18-5-3-2-4-6-18/h2-14,16,26H,15H2,1H3,(H,27,28). The summed E-state index contributed by atoms with van der Waals surface area (Å²) in [6.45, 7) is 2.03. The molecule has 0 aliphatic rings. The van der Waals surface area contributed by atoms with E-state index in [4.69, 9.17) is 0 Å². The maximum atomic E-state index is 11.3. The predicted molar refractivity (Wildman–Crippen MR) is 115 cm³/mol. The minimum atomic E-state index is -0.902. The Hall–Kier alpha value is -3.59. The number of aromatic carboxylic acids is 1. The van der Waals surface area contributed by atoms with Crippen LogP contribution >= 0.6 is 0 Å². The zero-order valence-corrected chi connectivity index (χ0v) is 15.6. The minimum absolute atomic E-state index is 0.314. The molecule has 0 saturated carbocycles. The number of hydrogen-bond acceptors (Lipinski definition) is 1. The van der Waals surface area contributed by atoms with Crippen LogP contribution in [0, 0.1) is 6.92 Å². The van der Waals surface area contributed by atoms with Crippen molar-refractivity contribution in [1.82, 2.24) is 4.98 Å². The molecule has 1 heterocycles. The van der Waals surface area contributed by atoms with E-state index < -0.39 is 5.97 Å². The number of rotatable bonds is 5. The number of hydrogen-bond donors (Lipinski definition) is 2. The van der Waals surface area contributed by atoms with Gasteiger partial charge in [-0.2, -0.15) is 0 Å². The first-order valence-corrected chi connectivity index (χ1v) is 9.27. The highest BCUT2D eigenvalue weighted by Crippen LogP contribution is 2.26. The third-order valence-electron chi connectivity index (χ3n) is 4.99. The first-order valence-electron chi connectivity index (χ1n) is 9.27. The molecule has 3 heteroatoms. The Morgan fingerprint density at radius 3 is 2.29 bits per heavy atom. The molecule has 0 aliphatic carbocycles. The van der Waals surface area contributed by atoms with Crippen LogP contribution in [0.5, 0.6) is 0 Å². The number of nitrogens with one attached hydrogen (secondary N) is 1. The second-order valence-corrected chi connectivity index (χ2v) is 6.96. The van der Waals surface area contributed by atoms with Crippen molar-refractivity contribution >= 4 is 29.0 Å². The Morgan fingerprint density at radius 2 is 1.61 bits per heavy atom. The largest absolute Gasteiger partial charge is 0.478 e. The number of benzene rings is 3. The minimum Gasteiger partial charge on any atom is -0.478 e. The van der Waals surface area contributed by atoms with Gasteiger partial charge in [-0.15, -0.1) is 0 Å². The number of aromatic nitrogens is 1. The highest BCUT2D eigenvalue weighted by molar-refractivity contribution is 5.95. The summed E-state index contributed by atoms with van der Waals surface area (Å²) >= 11 is 0. The molecule has 0 fully saturated rings. The molecule has 28 heavy (non-hydrogen) atoms. The highest BCUT2D eigenvalue weighted by atomic mass is 16.4. The van der Waals surface area contributed by atoms with Crippen LogP contribution in [0.1, 0.15) is 38.3 Å². The second kappa shape index (κ2) is 7.57. The zero-order chi connectivity index (χ0) is 19.5. The molecular weight excluding hydrogens is 346 g/mol. The summed E-state index contributed by atoms with van der Waals surface area (Å²) in [6, 6.07) is 23.9. The van der Waals surface area contributed by atoms with E-state index in [1.165, 1.54) is 11.1 Å². The Balaban J connectivity index is 1.58. The van der Waals surface area contributed by atoms with Crippen LogP contribution in [0.4, 0.5) is 0 Å². The van der Waals surface area contributed by atoms with E-state index in [2.05, 4.69) is 53.5 Å². The van der Waals surface area contributed by atoms with Gasteiger partial charge >= 0.3 is 5.97 Å². The van der Waals surface area contributed by atoms with E-state index in [-0.39, 0.29) is 0 Å². The molecule has 3 nitrogen and oxygen atoms in total. The van der Waals surface area contributed by atoms with Crippen molar-refractivity contribution in [2.45, 2.75) is 13.3 Å². The molecule has 0 spiro atoms. The summed E-state index contributed by atoms with van der Waals surface area (Å²) < 4.78 is 0. The Bertz CT molecular complexity index is 1150. The molecule has 0 amide bonds. The third kappa shape index (κ3) is 3.74. The highest BCUT2D eigenvalue weighted by Gasteiger charge is 2.12. The van der Waals surface area contributed by atoms with Gasteiger partial charge in [0.1, 0.15) is 0 Å². The molecule has 0 atom stereocenters. The molecule has 3 aromatic carbocycles. The van der Waals surface area contributed by atoms with Crippen LogP contribution in [0.2, 0.25) is 0 Å². The fourth-order valence-corrected chi connectivity index (χ4v) is 3.45. The van der Waals surface area contributed by atoms with Crippen molar-refractivity contribution in [2.24, 2.45) is 0 Å². The maximum Gasteiger partial charge on any atom is 0.335 e. The number of H-pyrrole nitrogens is 1. The third-order valence-corrected chi connectivity index (χ3v) is 4.99. The number of fused-ring (bicyclic) bond motifs is 1. The monoisotopic (exact) mass is 367 g/mol. The Kier molecular flexibility index (Phi) is 4.81. The van der Waals surface area contributed by atoms with Crippen molar-refractivity contribution in [3.05, 3.63) is 106 Å². The van der Waals surface area contributed by atoms with Gasteiger partial charge < -0.3 is 10.1 Å². The van der Waals surface area contributed by atoms with Crippen molar-refractivity contribution in [2.75, 3.05) is 0 Å². The van der Waals surface area contributed by atoms with Gasteiger partial charge in [-0.1, -0.05) is 66.7 Å². The van der Waals surface area contributed by atoms with Crippen molar-refractivity contribution < 1.29 is 9.90 Å². The molecule has 0 bridgehead atoms. The quantitative estimate of drug-likeness (QED) is 0.429. The van der Waals surface area contributed by atoms with Gasteiger partial charge in [0.25, 0.3) is 0 Å². The van der Waals surface area contributed by atoms with Gasteiger partial charge in [0.05, 0.1) is 5.56 Å². The molecular formula is C25H21NO2. The maximum absolute atomic E-state index is 11.3. The molecule has 4 aromatic rings. The van der Waals surface area contributed by atoms with Crippen LogP contribution in [0.25, 0.3) is 23.1 Å². The molecule has 2 N–H and O–H groups in total. The molecule has 138 valence electrons. The number of aromatic amines is 1. The predicted octanol–water partition coefficient (Wildman–Crippen LogP) is 5.94. The summed E-state index contributed by atoms with van der Waals surface area (Å²) in [7, 11) is 0. The van der Waals surface area contributed by atoms with Gasteiger partial charge in [-0.25, -0.2) is 4.79 Å². The van der Waals surface area contributed by atoms with Crippen molar-refractivity contribution in [3.8, 4) is 0 Å². The van der Waals surface area contributed by atoms with E-state index >= 15 is 0 Å². The van der Waals surface area contributed by atoms with Crippen LogP contribution in [0.15, 0.2) is 72.8 Å². The van der Waals surface area contributed by atoms with E-state index in [9.17, 15) is 9.90 Å². The lowest BCUT2D eigenvalue weighted by molar-refractivity contribution is 0.0697. The molecule has 0 saturated heterocycles. The van der Waals surface area contributed by atoms with Crippen molar-refractivity contribution in [1.29, 1.82) is 0 Å². The molecule has 0 aliphatic heterocycles. The van der Waals surface area contributed by atoms with Crippen LogP contribution < -0.4 is 0 Å². The summed E-state index contributed by atoms with van der Waals surface area (Å²) in [4.78, 5) is 14.7. The smallest absolute Gasteiger partial charge is 0.335 e. The van der Waals surface area contributed by atoms with Crippen molar-refractivity contribution in [3.63, 3.8) is 0 Å². The Morgan fingerprint density at radius 1 is 0.929 bits per heavy atom. The zero-order valence-electron chi connectivity index (χ0n) is 15.6. The van der Waals surface area contributed by atoms with E-state index in [1.54, 1.807) is 12.1 Å². The number of carboxylic acid groups (broad SMARTS) is 1. The van der Waals surface area contributed by atoms with Crippen LogP contribution in [-0.4, -0.2) is 16.1 Å². The topological polar surface area (TPSA) is 53.1 Å². The van der Waals surface area contributed by atoms with Crippen LogP contribution in [0.3, 0.4) is 0 Å². The molecule has 0 radical (unpaired) electrons. The molecule has 0 unspecified atom stereocenters. The van der Waals surface area contributed by atoms with Crippen LogP contribution in [-0.2, 0) is 6.42 Å². The van der Waals surface area contributed by atoms with E-state index in [0.29, 0.717) is 5.56 Å². The summed E-state index contributed by atoms with van der Waals surface area (Å²) in [5.41, 5.74) is 7.03. The number of aryl methyl sites for hydroxylation is 1. The van der Waals surface area contributed by atoms with E-state index in [1.807, 2.05) is 31.2 Å². The fourth-order valence-electron chi connectivity index (χ4n) is 3.45. The van der Waals surface area contributed by atoms with Gasteiger partial charge in [0.2, 0.25) is 0 Å². The van der Waals surface area contributed by atoms with Gasteiger partial charge in [-0.3, -0.25) is 0 Å². The lowest BCUT2D eigenvalue weighted by atomic mass is 9.99. The first-order chi connectivity index (χ1) is 13.6. The summed E-state index contributed by atoms with van der Waals surface area (Å²) in [6.07, 6.45) is 4.97. The second-order valence-electron chi connectivity index (χ2n) is 6.96. The first kappa shape index (κ1) is 17.8. The molecule has 4 rings (SSSR count). The fraction of sp³-hybridized carbons (Fsp3) is 0.0800. The number of carbonyl (C=O) groups is 1. The summed E-state index contributed by atoms with van der Waals surface area (Å²) in [5, 5.41) is 10.3. The lowest BCUT2D eigenvalue weighted by Crippen LogP contribution is -1.95. The average Bonchev–Trinajstić information content (AvgIpc) is 3.02. The number of carboxylic acids is 1.